The van der Waals surface area contributed by atoms with Gasteiger partial charge in [0, 0.05) is 7.11 Å². The molecule has 0 saturated heterocycles. The van der Waals surface area contributed by atoms with E-state index < -0.39 is 8.60 Å². The van der Waals surface area contributed by atoms with Gasteiger partial charge in [0.05, 0.1) is 27.2 Å². The molecular formula is C13H25N4O3P. The van der Waals surface area contributed by atoms with Crippen molar-refractivity contribution >= 4 is 8.60 Å². The maximum absolute atomic E-state index is 9.18. The normalized spacial score (nSPS) is 9.71. The van der Waals surface area contributed by atoms with Crippen LogP contribution in [0, 0.1) is 0 Å². The van der Waals surface area contributed by atoms with Crippen molar-refractivity contribution in [2.45, 2.75) is 26.9 Å². The summed E-state index contributed by atoms with van der Waals surface area (Å²) in [4.78, 5) is 18.4. The minimum absolute atomic E-state index is 1.06. The summed E-state index contributed by atoms with van der Waals surface area (Å²) in [5.41, 5.74) is 0. The van der Waals surface area contributed by atoms with Gasteiger partial charge in [-0.1, -0.05) is 0 Å². The van der Waals surface area contributed by atoms with Gasteiger partial charge in [0.25, 0.3) is 0 Å². The van der Waals surface area contributed by atoms with E-state index in [-0.39, 0.29) is 0 Å². The third kappa shape index (κ3) is 10.1. The van der Waals surface area contributed by atoms with Crippen molar-refractivity contribution in [2.75, 3.05) is 7.11 Å². The number of rotatable bonds is 3. The Hall–Kier alpha value is -1.27. The van der Waals surface area contributed by atoms with Crippen LogP contribution in [0.3, 0.4) is 0 Å². The van der Waals surface area contributed by atoms with Crippen LogP contribution in [0.1, 0.15) is 13.8 Å². The summed E-state index contributed by atoms with van der Waals surface area (Å²) in [6.45, 7) is 6.36. The predicted octanol–water partition coefficient (Wildman–Crippen LogP) is -0.755. The van der Waals surface area contributed by atoms with Gasteiger partial charge in [-0.15, -0.1) is 0 Å². The smallest absolute Gasteiger partial charge is 0.243 e. The fraction of sp³-hybridized carbons (Fsp3) is 0.538. The van der Waals surface area contributed by atoms with Gasteiger partial charge in [-0.3, -0.25) is 0 Å². The topological polar surface area (TPSA) is 73.0 Å². The van der Waals surface area contributed by atoms with Crippen molar-refractivity contribution in [1.29, 1.82) is 0 Å². The lowest BCUT2D eigenvalue weighted by molar-refractivity contribution is -0.671. The molecule has 2 rings (SSSR count). The van der Waals surface area contributed by atoms with E-state index in [1.54, 1.807) is 0 Å². The molecule has 0 aliphatic heterocycles. The number of aromatic nitrogens is 4. The summed E-state index contributed by atoms with van der Waals surface area (Å²) in [6.07, 6.45) is 12.3. The zero-order valence-electron chi connectivity index (χ0n) is 13.3. The number of hydrogen-bond donors (Lipinski definition) is 0. The van der Waals surface area contributed by atoms with Crippen molar-refractivity contribution in [3.63, 3.8) is 0 Å². The summed E-state index contributed by atoms with van der Waals surface area (Å²) < 4.78 is 12.0. The average molecular weight is 316 g/mol. The van der Waals surface area contributed by atoms with Gasteiger partial charge >= 0.3 is 0 Å². The molecule has 0 aliphatic carbocycles. The van der Waals surface area contributed by atoms with E-state index >= 15 is 0 Å². The fourth-order valence-electron chi connectivity index (χ4n) is 1.38. The predicted molar refractivity (Wildman–Crippen MR) is 76.5 cm³/mol. The first kappa shape index (κ1) is 19.7. The lowest BCUT2D eigenvalue weighted by Gasteiger charge is -2.25. The van der Waals surface area contributed by atoms with Crippen LogP contribution in [0.25, 0.3) is 0 Å². The molecule has 0 aliphatic rings. The molecule has 21 heavy (non-hydrogen) atoms. The molecule has 0 radical (unpaired) electrons. The Morgan fingerprint density at radius 2 is 1.29 bits per heavy atom. The van der Waals surface area contributed by atoms with Crippen molar-refractivity contribution in [3.8, 4) is 0 Å². The van der Waals surface area contributed by atoms with Crippen molar-refractivity contribution in [3.05, 3.63) is 37.4 Å². The highest BCUT2D eigenvalue weighted by Crippen LogP contribution is 2.07. The van der Waals surface area contributed by atoms with Crippen LogP contribution in [0.2, 0.25) is 0 Å². The summed E-state index contributed by atoms with van der Waals surface area (Å²) in [5, 5.41) is 0. The van der Waals surface area contributed by atoms with E-state index in [0.717, 1.165) is 20.2 Å². The fourth-order valence-corrected chi connectivity index (χ4v) is 1.38. The molecular weight excluding hydrogens is 291 g/mol. The van der Waals surface area contributed by atoms with Crippen LogP contribution in [-0.2, 0) is 31.7 Å². The number of nitrogens with zero attached hydrogens (tertiary/aromatic N) is 4. The largest absolute Gasteiger partial charge is 0.820 e. The molecule has 0 saturated carbocycles. The Morgan fingerprint density at radius 1 is 0.952 bits per heavy atom. The van der Waals surface area contributed by atoms with Crippen LogP contribution in [-0.4, -0.2) is 16.2 Å². The third-order valence-corrected chi connectivity index (χ3v) is 2.82. The van der Waals surface area contributed by atoms with Crippen LogP contribution in [0.5, 0.6) is 0 Å². The molecule has 0 fully saturated rings. The molecule has 0 atom stereocenters. The first-order valence-corrected chi connectivity index (χ1v) is 7.72. The van der Waals surface area contributed by atoms with E-state index in [4.69, 9.17) is 0 Å². The first-order valence-electron chi connectivity index (χ1n) is 6.63. The second-order valence-electron chi connectivity index (χ2n) is 4.23. The monoisotopic (exact) mass is 316 g/mol. The molecule has 120 valence electrons. The second-order valence-corrected chi connectivity index (χ2v) is 5.04. The van der Waals surface area contributed by atoms with E-state index in [0.29, 0.717) is 0 Å². The average Bonchev–Trinajstić information content (AvgIpc) is 3.08. The van der Waals surface area contributed by atoms with Gasteiger partial charge in [-0.25, -0.2) is 18.3 Å². The van der Waals surface area contributed by atoms with E-state index in [1.165, 1.54) is 0 Å². The maximum Gasteiger partial charge on any atom is 0.243 e. The van der Waals surface area contributed by atoms with Gasteiger partial charge < -0.3 is 14.3 Å². The zero-order chi connectivity index (χ0) is 16.3. The third-order valence-electron chi connectivity index (χ3n) is 2.53. The van der Waals surface area contributed by atoms with E-state index in [1.807, 2.05) is 35.6 Å². The van der Waals surface area contributed by atoms with Gasteiger partial charge in [-0.05, 0) is 13.8 Å². The highest BCUT2D eigenvalue weighted by Gasteiger charge is 1.92. The standard InChI is InChI=1S/2C6H11N2.CH3O3P/c2*1-3-8-5-4-7(2)6-8;1-4-5(2)3/h2*4-6H,3H2,1-2H3;1H3/q2*+1;-2. The molecule has 0 aromatic carbocycles. The first-order chi connectivity index (χ1) is 9.92. The van der Waals surface area contributed by atoms with Crippen molar-refractivity contribution in [1.82, 2.24) is 9.13 Å². The Labute approximate surface area is 127 Å². The number of hydrogen-bond acceptors (Lipinski definition) is 3. The minimum atomic E-state index is -2.60. The molecule has 2 aromatic heterocycles. The zero-order valence-corrected chi connectivity index (χ0v) is 14.2. The van der Waals surface area contributed by atoms with Gasteiger partial charge in [0.2, 0.25) is 12.7 Å². The summed E-state index contributed by atoms with van der Waals surface area (Å²) >= 11 is 0. The molecule has 0 amide bonds. The van der Waals surface area contributed by atoms with Crippen LogP contribution in [0.15, 0.2) is 37.4 Å². The van der Waals surface area contributed by atoms with Gasteiger partial charge in [0.1, 0.15) is 24.8 Å². The highest BCUT2D eigenvalue weighted by molar-refractivity contribution is 7.36. The Balaban J connectivity index is 0.000000296. The van der Waals surface area contributed by atoms with Crippen LogP contribution in [0.4, 0.5) is 0 Å². The van der Waals surface area contributed by atoms with Crippen LogP contribution < -0.4 is 18.9 Å². The number of imidazole rings is 2. The molecule has 0 unspecified atom stereocenters. The molecule has 2 heterocycles. The van der Waals surface area contributed by atoms with Crippen molar-refractivity contribution < 1.29 is 23.4 Å². The molecule has 0 spiro atoms. The Kier molecular flexibility index (Phi) is 10.7. The second kappa shape index (κ2) is 11.4. The number of aryl methyl sites for hydroxylation is 4. The van der Waals surface area contributed by atoms with E-state index in [2.05, 4.69) is 52.6 Å². The summed E-state index contributed by atoms with van der Waals surface area (Å²) in [7, 11) is 2.54. The quantitative estimate of drug-likeness (QED) is 0.552. The van der Waals surface area contributed by atoms with Crippen molar-refractivity contribution in [2.24, 2.45) is 14.1 Å². The molecule has 0 bridgehead atoms. The highest BCUT2D eigenvalue weighted by atomic mass is 31.2. The Morgan fingerprint density at radius 3 is 1.38 bits per heavy atom. The molecule has 0 N–H and O–H groups in total. The van der Waals surface area contributed by atoms with Crippen LogP contribution >= 0.6 is 8.60 Å². The summed E-state index contributed by atoms with van der Waals surface area (Å²) in [5.74, 6) is 0. The molecule has 2 aromatic rings. The van der Waals surface area contributed by atoms with E-state index in [9.17, 15) is 9.79 Å². The maximum atomic E-state index is 9.18. The van der Waals surface area contributed by atoms with Gasteiger partial charge in [0.15, 0.2) is 0 Å². The molecule has 8 heteroatoms. The SMILES string of the molecule is CCn1cc[n+](C)c1.CCn1cc[n+](C)c1.COP([O-])[O-]. The minimum Gasteiger partial charge on any atom is -0.820 e. The summed E-state index contributed by atoms with van der Waals surface area (Å²) in [6, 6.07) is 0. The van der Waals surface area contributed by atoms with Gasteiger partial charge in [-0.2, -0.15) is 8.60 Å². The Bertz CT molecular complexity index is 445. The lowest BCUT2D eigenvalue weighted by atomic mass is 10.7. The molecule has 7 nitrogen and oxygen atoms in total. The lowest BCUT2D eigenvalue weighted by Crippen LogP contribution is -2.23.